The van der Waals surface area contributed by atoms with Crippen molar-refractivity contribution in [1.82, 2.24) is 0 Å². The number of allylic oxidation sites excluding steroid dienone is 5. The van der Waals surface area contributed by atoms with Crippen LogP contribution in [-0.4, -0.2) is 0 Å². The van der Waals surface area contributed by atoms with Crippen LogP contribution in [0.2, 0.25) is 0 Å². The lowest BCUT2D eigenvalue weighted by Crippen LogP contribution is -1.71. The molecular weight excluding hydrogens is 168 g/mol. The predicted octanol–water partition coefficient (Wildman–Crippen LogP) is 5.53. The van der Waals surface area contributed by atoms with Crippen LogP contribution in [-0.2, 0) is 0 Å². The Labute approximate surface area is 91.4 Å². The van der Waals surface area contributed by atoms with E-state index in [1.807, 2.05) is 33.8 Å². The minimum Gasteiger partial charge on any atom is -0.0988 e. The number of rotatable bonds is 3. The minimum absolute atomic E-state index is 1.06. The van der Waals surface area contributed by atoms with E-state index in [9.17, 15) is 0 Å². The summed E-state index contributed by atoms with van der Waals surface area (Å²) in [5, 5.41) is 0. The van der Waals surface area contributed by atoms with E-state index in [0.29, 0.717) is 0 Å². The average Bonchev–Trinajstić information content (AvgIpc) is 2.25. The zero-order valence-electron chi connectivity index (χ0n) is 11.1. The lowest BCUT2D eigenvalue weighted by Gasteiger charge is -1.91. The summed E-state index contributed by atoms with van der Waals surface area (Å²) < 4.78 is 0. The zero-order valence-corrected chi connectivity index (χ0v) is 11.1. The van der Waals surface area contributed by atoms with Crippen molar-refractivity contribution in [2.45, 2.75) is 54.9 Å². The van der Waals surface area contributed by atoms with Gasteiger partial charge in [-0.1, -0.05) is 65.0 Å². The highest BCUT2D eigenvalue weighted by atomic mass is 13.9. The van der Waals surface area contributed by atoms with Crippen molar-refractivity contribution in [2.24, 2.45) is 0 Å². The van der Waals surface area contributed by atoms with E-state index >= 15 is 0 Å². The van der Waals surface area contributed by atoms with Crippen molar-refractivity contribution in [3.8, 4) is 0 Å². The number of hydrogen-bond donors (Lipinski definition) is 0. The van der Waals surface area contributed by atoms with Crippen LogP contribution >= 0.6 is 0 Å². The Morgan fingerprint density at radius 1 is 1.00 bits per heavy atom. The molecule has 84 valence electrons. The fourth-order valence-corrected chi connectivity index (χ4v) is 0.604. The summed E-state index contributed by atoms with van der Waals surface area (Å²) in [6.07, 6.45) is 7.19. The fraction of sp³-hybridized carbons (Fsp3) is 0.571. The maximum Gasteiger partial charge on any atom is -0.0308 e. The third-order valence-electron chi connectivity index (χ3n) is 1.30. The first-order valence-electron chi connectivity index (χ1n) is 5.67. The summed E-state index contributed by atoms with van der Waals surface area (Å²) in [7, 11) is 0. The van der Waals surface area contributed by atoms with Gasteiger partial charge in [-0.05, 0) is 25.8 Å². The molecule has 0 radical (unpaired) electrons. The Balaban J connectivity index is -0.000000266. The maximum atomic E-state index is 3.71. The highest BCUT2D eigenvalue weighted by molar-refractivity contribution is 5.23. The Morgan fingerprint density at radius 2 is 1.43 bits per heavy atom. The molecule has 14 heavy (non-hydrogen) atoms. The Bertz CT molecular complexity index is 155. The topological polar surface area (TPSA) is 0 Å². The summed E-state index contributed by atoms with van der Waals surface area (Å²) in [4.78, 5) is 0. The standard InChI is InChI=1S/C10H16.2C2H6/c1-5-10(6-2)8-7-9(3)4;2*1-2/h5,7-8H,1,6H2,2-4H3;2*1-2H3/b10-8+;;. The first-order chi connectivity index (χ1) is 6.70. The fourth-order valence-electron chi connectivity index (χ4n) is 0.604. The Kier molecular flexibility index (Phi) is 24.4. The molecule has 0 aromatic heterocycles. The third kappa shape index (κ3) is 17.3. The van der Waals surface area contributed by atoms with Gasteiger partial charge in [0.1, 0.15) is 0 Å². The largest absolute Gasteiger partial charge is 0.0988 e. The SMILES string of the molecule is C=C/C(=C\C=C(C)C)CC.CC.CC. The van der Waals surface area contributed by atoms with E-state index < -0.39 is 0 Å². The molecule has 0 fully saturated rings. The van der Waals surface area contributed by atoms with Gasteiger partial charge in [0.25, 0.3) is 0 Å². The van der Waals surface area contributed by atoms with Gasteiger partial charge in [-0.15, -0.1) is 0 Å². The van der Waals surface area contributed by atoms with Crippen molar-refractivity contribution in [3.05, 3.63) is 36.0 Å². The first kappa shape index (κ1) is 18.9. The molecule has 0 nitrogen and oxygen atoms in total. The second kappa shape index (κ2) is 18.1. The number of hydrogen-bond acceptors (Lipinski definition) is 0. The molecular formula is C14H28. The van der Waals surface area contributed by atoms with Crippen LogP contribution in [0.5, 0.6) is 0 Å². The quantitative estimate of drug-likeness (QED) is 0.521. The van der Waals surface area contributed by atoms with Crippen LogP contribution in [0.15, 0.2) is 36.0 Å². The molecule has 0 rings (SSSR count). The van der Waals surface area contributed by atoms with E-state index in [1.54, 1.807) is 0 Å². The van der Waals surface area contributed by atoms with Gasteiger partial charge in [0.2, 0.25) is 0 Å². The molecule has 0 heteroatoms. The molecule has 0 heterocycles. The summed E-state index contributed by atoms with van der Waals surface area (Å²) in [5.41, 5.74) is 2.62. The summed E-state index contributed by atoms with van der Waals surface area (Å²) in [5.74, 6) is 0. The van der Waals surface area contributed by atoms with Crippen LogP contribution in [0.25, 0.3) is 0 Å². The van der Waals surface area contributed by atoms with Crippen molar-refractivity contribution in [2.75, 3.05) is 0 Å². The van der Waals surface area contributed by atoms with Gasteiger partial charge in [0, 0.05) is 0 Å². The summed E-state index contributed by atoms with van der Waals surface area (Å²) in [6, 6.07) is 0. The van der Waals surface area contributed by atoms with E-state index in [1.165, 1.54) is 11.1 Å². The van der Waals surface area contributed by atoms with Crippen molar-refractivity contribution >= 4 is 0 Å². The highest BCUT2D eigenvalue weighted by Gasteiger charge is 1.81. The molecule has 0 aliphatic heterocycles. The molecule has 0 unspecified atom stereocenters. The molecule has 0 atom stereocenters. The molecule has 0 saturated carbocycles. The lowest BCUT2D eigenvalue weighted by molar-refractivity contribution is 1.15. The highest BCUT2D eigenvalue weighted by Crippen LogP contribution is 2.02. The van der Waals surface area contributed by atoms with E-state index in [0.717, 1.165) is 6.42 Å². The Morgan fingerprint density at radius 3 is 1.64 bits per heavy atom. The second-order valence-corrected chi connectivity index (χ2v) is 2.54. The van der Waals surface area contributed by atoms with Gasteiger partial charge < -0.3 is 0 Å². The average molecular weight is 196 g/mol. The van der Waals surface area contributed by atoms with Gasteiger partial charge >= 0.3 is 0 Å². The van der Waals surface area contributed by atoms with Crippen molar-refractivity contribution in [1.29, 1.82) is 0 Å². The zero-order chi connectivity index (χ0) is 12.0. The van der Waals surface area contributed by atoms with Crippen LogP contribution in [0.1, 0.15) is 54.9 Å². The maximum absolute atomic E-state index is 3.71. The van der Waals surface area contributed by atoms with Gasteiger partial charge in [-0.3, -0.25) is 0 Å². The smallest absolute Gasteiger partial charge is 0.0308 e. The Hall–Kier alpha value is -0.780. The third-order valence-corrected chi connectivity index (χ3v) is 1.30. The van der Waals surface area contributed by atoms with Gasteiger partial charge in [-0.25, -0.2) is 0 Å². The van der Waals surface area contributed by atoms with Gasteiger partial charge in [0.15, 0.2) is 0 Å². The van der Waals surface area contributed by atoms with E-state index in [4.69, 9.17) is 0 Å². The molecule has 0 amide bonds. The summed E-state index contributed by atoms with van der Waals surface area (Å²) in [6.45, 7) is 18.0. The molecule has 0 saturated heterocycles. The molecule has 0 aromatic rings. The molecule has 0 aliphatic carbocycles. The van der Waals surface area contributed by atoms with Crippen LogP contribution in [0, 0.1) is 0 Å². The monoisotopic (exact) mass is 196 g/mol. The first-order valence-corrected chi connectivity index (χ1v) is 5.67. The molecule has 0 aliphatic rings. The van der Waals surface area contributed by atoms with E-state index in [-0.39, 0.29) is 0 Å². The van der Waals surface area contributed by atoms with Crippen molar-refractivity contribution < 1.29 is 0 Å². The molecule has 0 N–H and O–H groups in total. The van der Waals surface area contributed by atoms with Crippen LogP contribution in [0.3, 0.4) is 0 Å². The second-order valence-electron chi connectivity index (χ2n) is 2.54. The lowest BCUT2D eigenvalue weighted by atomic mass is 10.2. The van der Waals surface area contributed by atoms with E-state index in [2.05, 4.69) is 39.5 Å². The van der Waals surface area contributed by atoms with Crippen LogP contribution in [0.4, 0.5) is 0 Å². The summed E-state index contributed by atoms with van der Waals surface area (Å²) >= 11 is 0. The molecule has 0 bridgehead atoms. The normalized spacial score (nSPS) is 8.64. The predicted molar refractivity (Wildman–Crippen MR) is 70.7 cm³/mol. The molecule has 0 aromatic carbocycles. The van der Waals surface area contributed by atoms with Gasteiger partial charge in [0.05, 0.1) is 0 Å². The van der Waals surface area contributed by atoms with Crippen molar-refractivity contribution in [3.63, 3.8) is 0 Å². The molecule has 0 spiro atoms. The minimum atomic E-state index is 1.06. The van der Waals surface area contributed by atoms with Crippen LogP contribution < -0.4 is 0 Å². The van der Waals surface area contributed by atoms with Gasteiger partial charge in [-0.2, -0.15) is 0 Å².